The monoisotopic (exact) mass is 894 g/mol. The lowest BCUT2D eigenvalue weighted by Crippen LogP contribution is -2.28. The molecule has 12 aromatic rings. The van der Waals surface area contributed by atoms with Crippen LogP contribution in [0.3, 0.4) is 0 Å². The molecular formula is C69H50O. The summed E-state index contributed by atoms with van der Waals surface area (Å²) in [6.45, 7) is 4.80. The molecule has 0 aliphatic heterocycles. The predicted octanol–water partition coefficient (Wildman–Crippen LogP) is 18.0. The number of rotatable bonds is 8. The Morgan fingerprint density at radius 3 is 1.83 bits per heavy atom. The molecule has 0 spiro atoms. The van der Waals surface area contributed by atoms with Crippen molar-refractivity contribution in [3.05, 3.63) is 287 Å². The van der Waals surface area contributed by atoms with Crippen LogP contribution in [0.1, 0.15) is 76.3 Å². The summed E-state index contributed by atoms with van der Waals surface area (Å²) in [6.07, 6.45) is 1.88. The SMILES string of the molecule is CC1(C)c2ccccc2-c2ccc(C(CCc3ccc4c(c3)C(c3ccccc3)(c3ccc(-c5cccc6c5oc5ccccc56)cc3)c3ccccc3-4)c3cc4ccccc4c4ccccc34)cc21. The minimum Gasteiger partial charge on any atom is -0.455 e. The van der Waals surface area contributed by atoms with Crippen LogP contribution in [0.5, 0.6) is 0 Å². The highest BCUT2D eigenvalue weighted by Crippen LogP contribution is 2.57. The van der Waals surface area contributed by atoms with Gasteiger partial charge in [-0.15, -0.1) is 0 Å². The molecule has 0 radical (unpaired) electrons. The highest BCUT2D eigenvalue weighted by atomic mass is 16.3. The van der Waals surface area contributed by atoms with Gasteiger partial charge in [-0.2, -0.15) is 0 Å². The van der Waals surface area contributed by atoms with E-state index in [1.54, 1.807) is 0 Å². The van der Waals surface area contributed by atoms with E-state index in [0.717, 1.165) is 45.9 Å². The lowest BCUT2D eigenvalue weighted by molar-refractivity contribution is 0.655. The summed E-state index contributed by atoms with van der Waals surface area (Å²) in [5, 5.41) is 7.54. The summed E-state index contributed by atoms with van der Waals surface area (Å²) in [7, 11) is 0. The van der Waals surface area contributed by atoms with Crippen molar-refractivity contribution in [2.45, 2.75) is 43.4 Å². The van der Waals surface area contributed by atoms with Gasteiger partial charge in [-0.05, 0) is 124 Å². The molecule has 11 aromatic carbocycles. The molecule has 0 amide bonds. The number of hydrogen-bond acceptors (Lipinski definition) is 1. The van der Waals surface area contributed by atoms with E-state index < -0.39 is 5.41 Å². The van der Waals surface area contributed by atoms with E-state index in [0.29, 0.717) is 0 Å². The van der Waals surface area contributed by atoms with Crippen molar-refractivity contribution in [2.24, 2.45) is 0 Å². The van der Waals surface area contributed by atoms with Crippen LogP contribution in [-0.2, 0) is 17.3 Å². The van der Waals surface area contributed by atoms with Crippen molar-refractivity contribution in [1.82, 2.24) is 0 Å². The standard InChI is InChI=1S/C69H50O/c1-68(2)62-28-13-10-23-55(62)57-40-35-47(43-64(57)68)51(61-42-46-17-6-7-20-50(46)53-21-8-9-22-54(53)61)38-31-44-32-39-58-56-24-11-14-29-63(56)69(65(58)41-44,48-18-4-3-5-19-48)49-36-33-45(34-37-49)52-26-16-27-60-59-25-12-15-30-66(59)70-67(52)60/h3-30,32-37,39-43,51H,31,38H2,1-2H3. The zero-order valence-electron chi connectivity index (χ0n) is 39.4. The second-order valence-electron chi connectivity index (χ2n) is 20.2. The summed E-state index contributed by atoms with van der Waals surface area (Å²) < 4.78 is 6.54. The van der Waals surface area contributed by atoms with E-state index >= 15 is 0 Å². The molecule has 1 nitrogen and oxygen atoms in total. The van der Waals surface area contributed by atoms with Crippen LogP contribution in [0.2, 0.25) is 0 Å². The maximum absolute atomic E-state index is 6.54. The molecule has 2 atom stereocenters. The molecule has 2 unspecified atom stereocenters. The summed E-state index contributed by atoms with van der Waals surface area (Å²) >= 11 is 0. The first-order chi connectivity index (χ1) is 34.5. The van der Waals surface area contributed by atoms with Crippen LogP contribution in [-0.4, -0.2) is 0 Å². The van der Waals surface area contributed by atoms with Crippen molar-refractivity contribution >= 4 is 43.5 Å². The maximum atomic E-state index is 6.54. The van der Waals surface area contributed by atoms with Crippen molar-refractivity contribution < 1.29 is 4.42 Å². The smallest absolute Gasteiger partial charge is 0.143 e. The summed E-state index contributed by atoms with van der Waals surface area (Å²) in [6, 6.07) is 88.8. The van der Waals surface area contributed by atoms with Crippen molar-refractivity contribution in [3.8, 4) is 33.4 Å². The fraction of sp³-hybridized carbons (Fsp3) is 0.101. The van der Waals surface area contributed by atoms with Gasteiger partial charge in [-0.25, -0.2) is 0 Å². The largest absolute Gasteiger partial charge is 0.455 e. The summed E-state index contributed by atoms with van der Waals surface area (Å²) in [4.78, 5) is 0. The molecule has 332 valence electrons. The Labute approximate surface area is 409 Å². The summed E-state index contributed by atoms with van der Waals surface area (Å²) in [5.74, 6) is 0.160. The van der Waals surface area contributed by atoms with E-state index in [1.807, 2.05) is 6.07 Å². The quantitative estimate of drug-likeness (QED) is 0.139. The lowest BCUT2D eigenvalue weighted by Gasteiger charge is -2.34. The van der Waals surface area contributed by atoms with Crippen LogP contribution in [0, 0.1) is 0 Å². The Hall–Kier alpha value is -8.26. The highest BCUT2D eigenvalue weighted by molar-refractivity contribution is 6.10. The number of benzene rings is 11. The maximum Gasteiger partial charge on any atom is 0.143 e. The number of fused-ring (bicyclic) bond motifs is 12. The molecule has 0 saturated heterocycles. The van der Waals surface area contributed by atoms with Crippen LogP contribution < -0.4 is 0 Å². The molecule has 0 saturated carbocycles. The van der Waals surface area contributed by atoms with Crippen LogP contribution >= 0.6 is 0 Å². The normalized spacial score (nSPS) is 15.8. The fourth-order valence-corrected chi connectivity index (χ4v) is 13.0. The first-order valence-corrected chi connectivity index (χ1v) is 24.9. The molecule has 1 heteroatoms. The minimum absolute atomic E-state index is 0.0906. The average molecular weight is 895 g/mol. The number of hydrogen-bond donors (Lipinski definition) is 0. The Balaban J connectivity index is 0.911. The van der Waals surface area contributed by atoms with E-state index in [2.05, 4.69) is 244 Å². The van der Waals surface area contributed by atoms with Crippen LogP contribution in [0.4, 0.5) is 0 Å². The van der Waals surface area contributed by atoms with Gasteiger partial charge in [0.05, 0.1) is 5.41 Å². The van der Waals surface area contributed by atoms with Gasteiger partial charge >= 0.3 is 0 Å². The van der Waals surface area contributed by atoms with Crippen molar-refractivity contribution in [2.75, 3.05) is 0 Å². The fourth-order valence-electron chi connectivity index (χ4n) is 13.0. The Morgan fingerprint density at radius 2 is 1.00 bits per heavy atom. The third kappa shape index (κ3) is 5.97. The van der Waals surface area contributed by atoms with Crippen LogP contribution in [0.25, 0.3) is 76.9 Å². The topological polar surface area (TPSA) is 13.1 Å². The number of aryl methyl sites for hydroxylation is 1. The predicted molar refractivity (Wildman–Crippen MR) is 292 cm³/mol. The zero-order chi connectivity index (χ0) is 46.6. The average Bonchev–Trinajstić information content (AvgIpc) is 4.02. The first kappa shape index (κ1) is 40.8. The minimum atomic E-state index is -0.526. The van der Waals surface area contributed by atoms with Gasteiger partial charge in [0.15, 0.2) is 0 Å². The van der Waals surface area contributed by atoms with Crippen molar-refractivity contribution in [1.29, 1.82) is 0 Å². The van der Waals surface area contributed by atoms with E-state index in [1.165, 1.54) is 93.9 Å². The van der Waals surface area contributed by atoms with Gasteiger partial charge in [-0.3, -0.25) is 0 Å². The Bertz CT molecular complexity index is 4040. The van der Waals surface area contributed by atoms with Gasteiger partial charge in [0.1, 0.15) is 11.2 Å². The number of para-hydroxylation sites is 2. The molecular weight excluding hydrogens is 845 g/mol. The molecule has 2 aliphatic rings. The molecule has 14 rings (SSSR count). The molecule has 70 heavy (non-hydrogen) atoms. The molecule has 0 fully saturated rings. The number of furan rings is 1. The Morgan fingerprint density at radius 1 is 0.400 bits per heavy atom. The molecule has 1 aromatic heterocycles. The van der Waals surface area contributed by atoms with E-state index in [4.69, 9.17) is 4.42 Å². The molecule has 0 bridgehead atoms. The van der Waals surface area contributed by atoms with Gasteiger partial charge < -0.3 is 4.42 Å². The summed E-state index contributed by atoms with van der Waals surface area (Å²) in [5.41, 5.74) is 20.9. The molecule has 2 aliphatic carbocycles. The highest BCUT2D eigenvalue weighted by Gasteiger charge is 2.46. The lowest BCUT2D eigenvalue weighted by atomic mass is 9.67. The van der Waals surface area contributed by atoms with E-state index in [9.17, 15) is 0 Å². The van der Waals surface area contributed by atoms with Crippen LogP contribution in [0.15, 0.2) is 241 Å². The van der Waals surface area contributed by atoms with Crippen molar-refractivity contribution in [3.63, 3.8) is 0 Å². The molecule has 0 N–H and O–H groups in total. The second kappa shape index (κ2) is 15.6. The van der Waals surface area contributed by atoms with E-state index in [-0.39, 0.29) is 11.3 Å². The second-order valence-corrected chi connectivity index (χ2v) is 20.2. The van der Waals surface area contributed by atoms with Gasteiger partial charge in [0.2, 0.25) is 0 Å². The molecule has 1 heterocycles. The van der Waals surface area contributed by atoms with Gasteiger partial charge in [0.25, 0.3) is 0 Å². The third-order valence-electron chi connectivity index (χ3n) is 16.3. The van der Waals surface area contributed by atoms with Gasteiger partial charge in [0, 0.05) is 27.7 Å². The Kier molecular flexibility index (Phi) is 9.11. The first-order valence-electron chi connectivity index (χ1n) is 24.9. The third-order valence-corrected chi connectivity index (χ3v) is 16.3. The van der Waals surface area contributed by atoms with Gasteiger partial charge in [-0.1, -0.05) is 238 Å². The zero-order valence-corrected chi connectivity index (χ0v) is 39.4.